The SMILES string of the molecule is CCn1cc(NC(=O)[C@H]2CCC(=O)N(C3CC3)[C@@H]2c2nccn2C)cn1. The Labute approximate surface area is 152 Å². The maximum atomic E-state index is 13.1. The lowest BCUT2D eigenvalue weighted by atomic mass is 9.86. The first-order valence-corrected chi connectivity index (χ1v) is 9.20. The summed E-state index contributed by atoms with van der Waals surface area (Å²) in [6.07, 6.45) is 10.0. The minimum atomic E-state index is -0.320. The smallest absolute Gasteiger partial charge is 0.230 e. The summed E-state index contributed by atoms with van der Waals surface area (Å²) in [5.74, 6) is 0.504. The zero-order chi connectivity index (χ0) is 18.3. The molecule has 2 aromatic heterocycles. The fourth-order valence-corrected chi connectivity index (χ4v) is 3.78. The van der Waals surface area contributed by atoms with Crippen molar-refractivity contribution in [3.63, 3.8) is 0 Å². The van der Waals surface area contributed by atoms with Crippen molar-refractivity contribution in [3.8, 4) is 0 Å². The summed E-state index contributed by atoms with van der Waals surface area (Å²) in [5.41, 5.74) is 0.685. The van der Waals surface area contributed by atoms with Gasteiger partial charge in [0.15, 0.2) is 0 Å². The van der Waals surface area contributed by atoms with Crippen LogP contribution in [0.5, 0.6) is 0 Å². The Hall–Kier alpha value is -2.64. The molecule has 8 nitrogen and oxygen atoms in total. The zero-order valence-electron chi connectivity index (χ0n) is 15.1. The number of hydrogen-bond donors (Lipinski definition) is 1. The molecule has 1 N–H and O–H groups in total. The Morgan fingerprint density at radius 2 is 2.15 bits per heavy atom. The summed E-state index contributed by atoms with van der Waals surface area (Å²) in [6.45, 7) is 2.75. The standard InChI is InChI=1S/C18H24N6O2/c1-3-23-11-12(10-20-23)21-18(26)14-6-7-15(25)24(13-4-5-13)16(14)17-19-8-9-22(17)2/h8-11,13-14,16H,3-7H2,1-2H3,(H,21,26)/t14-,16-/m0/s1. The summed E-state index contributed by atoms with van der Waals surface area (Å²) in [7, 11) is 1.91. The van der Waals surface area contributed by atoms with Crippen LogP contribution in [0, 0.1) is 5.92 Å². The van der Waals surface area contributed by atoms with Crippen molar-refractivity contribution in [1.29, 1.82) is 0 Å². The number of piperidine rings is 1. The third-order valence-electron chi connectivity index (χ3n) is 5.26. The summed E-state index contributed by atoms with van der Waals surface area (Å²) in [5, 5.41) is 7.18. The molecule has 1 saturated heterocycles. The van der Waals surface area contributed by atoms with E-state index < -0.39 is 0 Å². The van der Waals surface area contributed by atoms with Crippen molar-refractivity contribution >= 4 is 17.5 Å². The van der Waals surface area contributed by atoms with Crippen molar-refractivity contribution in [3.05, 3.63) is 30.6 Å². The molecule has 0 bridgehead atoms. The van der Waals surface area contributed by atoms with Crippen molar-refractivity contribution < 1.29 is 9.59 Å². The number of aryl methyl sites for hydroxylation is 2. The van der Waals surface area contributed by atoms with Gasteiger partial charge in [0.1, 0.15) is 11.9 Å². The van der Waals surface area contributed by atoms with Gasteiger partial charge in [-0.2, -0.15) is 5.10 Å². The van der Waals surface area contributed by atoms with E-state index in [1.807, 2.05) is 35.8 Å². The van der Waals surface area contributed by atoms with Crippen LogP contribution in [0.4, 0.5) is 5.69 Å². The number of carbonyl (C=O) groups is 2. The molecule has 2 fully saturated rings. The van der Waals surface area contributed by atoms with Crippen molar-refractivity contribution in [2.45, 2.75) is 51.2 Å². The number of amides is 2. The van der Waals surface area contributed by atoms with Gasteiger partial charge in [-0.25, -0.2) is 4.98 Å². The molecule has 2 aliphatic rings. The van der Waals surface area contributed by atoms with E-state index in [1.54, 1.807) is 17.1 Å². The van der Waals surface area contributed by atoms with Crippen molar-refractivity contribution in [1.82, 2.24) is 24.2 Å². The van der Waals surface area contributed by atoms with E-state index in [2.05, 4.69) is 15.4 Å². The van der Waals surface area contributed by atoms with Gasteiger partial charge in [0.2, 0.25) is 11.8 Å². The number of rotatable bonds is 5. The van der Waals surface area contributed by atoms with E-state index >= 15 is 0 Å². The molecule has 2 atom stereocenters. The molecular weight excluding hydrogens is 332 g/mol. The average Bonchev–Trinajstić information content (AvgIpc) is 3.21. The van der Waals surface area contributed by atoms with Crippen molar-refractivity contribution in [2.24, 2.45) is 13.0 Å². The molecule has 2 amide bonds. The van der Waals surface area contributed by atoms with E-state index in [9.17, 15) is 9.59 Å². The lowest BCUT2D eigenvalue weighted by molar-refractivity contribution is -0.143. The number of aromatic nitrogens is 4. The summed E-state index contributed by atoms with van der Waals surface area (Å²) in [6, 6.07) is -0.0763. The van der Waals surface area contributed by atoms with Gasteiger partial charge in [0.25, 0.3) is 0 Å². The maximum absolute atomic E-state index is 13.1. The van der Waals surface area contributed by atoms with Gasteiger partial charge in [-0.1, -0.05) is 0 Å². The zero-order valence-corrected chi connectivity index (χ0v) is 15.1. The number of likely N-dealkylation sites (tertiary alicyclic amines) is 1. The molecular formula is C18H24N6O2. The van der Waals surface area contributed by atoms with E-state index in [1.165, 1.54) is 0 Å². The second kappa shape index (κ2) is 6.59. The van der Waals surface area contributed by atoms with Crippen LogP contribution in [0.3, 0.4) is 0 Å². The molecule has 3 heterocycles. The molecule has 1 aliphatic heterocycles. The number of anilines is 1. The highest BCUT2D eigenvalue weighted by Gasteiger charge is 2.48. The van der Waals surface area contributed by atoms with Crippen LogP contribution in [0.1, 0.15) is 44.5 Å². The molecule has 1 aliphatic carbocycles. The van der Waals surface area contributed by atoms with Crippen LogP contribution < -0.4 is 5.32 Å². The quantitative estimate of drug-likeness (QED) is 0.884. The molecule has 0 spiro atoms. The maximum Gasteiger partial charge on any atom is 0.230 e. The van der Waals surface area contributed by atoms with Gasteiger partial charge >= 0.3 is 0 Å². The number of carbonyl (C=O) groups excluding carboxylic acids is 2. The van der Waals surface area contributed by atoms with Gasteiger partial charge < -0.3 is 14.8 Å². The monoisotopic (exact) mass is 356 g/mol. The minimum absolute atomic E-state index is 0.0770. The largest absolute Gasteiger partial charge is 0.336 e. The highest BCUT2D eigenvalue weighted by Crippen LogP contribution is 2.43. The summed E-state index contributed by atoms with van der Waals surface area (Å²) < 4.78 is 3.68. The topological polar surface area (TPSA) is 85.0 Å². The lowest BCUT2D eigenvalue weighted by Gasteiger charge is -2.40. The second-order valence-corrected chi connectivity index (χ2v) is 7.09. The van der Waals surface area contributed by atoms with Gasteiger partial charge in [-0.3, -0.25) is 14.3 Å². The normalized spacial score (nSPS) is 23.3. The number of hydrogen-bond acceptors (Lipinski definition) is 4. The van der Waals surface area contributed by atoms with Crippen molar-refractivity contribution in [2.75, 3.05) is 5.32 Å². The fraction of sp³-hybridized carbons (Fsp3) is 0.556. The van der Waals surface area contributed by atoms with Gasteiger partial charge in [-0.05, 0) is 26.2 Å². The number of nitrogens with one attached hydrogen (secondary N) is 1. The van der Waals surface area contributed by atoms with Gasteiger partial charge in [0, 0.05) is 44.6 Å². The lowest BCUT2D eigenvalue weighted by Crippen LogP contribution is -2.48. The van der Waals surface area contributed by atoms with E-state index in [-0.39, 0.29) is 29.8 Å². The van der Waals surface area contributed by atoms with Crippen LogP contribution in [-0.2, 0) is 23.2 Å². The van der Waals surface area contributed by atoms with E-state index in [0.717, 1.165) is 25.2 Å². The molecule has 2 aromatic rings. The molecule has 0 radical (unpaired) electrons. The first kappa shape index (κ1) is 16.8. The molecule has 0 unspecified atom stereocenters. The Kier molecular flexibility index (Phi) is 4.26. The molecule has 0 aromatic carbocycles. The van der Waals surface area contributed by atoms with E-state index in [4.69, 9.17) is 0 Å². The average molecular weight is 356 g/mol. The molecule has 1 saturated carbocycles. The first-order chi connectivity index (χ1) is 12.6. The second-order valence-electron chi connectivity index (χ2n) is 7.09. The number of imidazole rings is 1. The van der Waals surface area contributed by atoms with Crippen LogP contribution in [0.25, 0.3) is 0 Å². The third-order valence-corrected chi connectivity index (χ3v) is 5.26. The van der Waals surface area contributed by atoms with Crippen LogP contribution in [0.2, 0.25) is 0 Å². The molecule has 4 rings (SSSR count). The minimum Gasteiger partial charge on any atom is -0.336 e. The van der Waals surface area contributed by atoms with Crippen LogP contribution >= 0.6 is 0 Å². The van der Waals surface area contributed by atoms with Gasteiger partial charge in [-0.15, -0.1) is 0 Å². The highest BCUT2D eigenvalue weighted by molar-refractivity contribution is 5.94. The predicted molar refractivity (Wildman–Crippen MR) is 95.1 cm³/mol. The van der Waals surface area contributed by atoms with Crippen LogP contribution in [0.15, 0.2) is 24.8 Å². The van der Waals surface area contributed by atoms with Crippen LogP contribution in [-0.4, -0.2) is 42.1 Å². The predicted octanol–water partition coefficient (Wildman–Crippen LogP) is 1.72. The first-order valence-electron chi connectivity index (χ1n) is 9.20. The molecule has 138 valence electrons. The molecule has 8 heteroatoms. The molecule has 26 heavy (non-hydrogen) atoms. The summed E-state index contributed by atoms with van der Waals surface area (Å²) >= 11 is 0. The highest BCUT2D eigenvalue weighted by atomic mass is 16.2. The Balaban J connectivity index is 1.62. The Morgan fingerprint density at radius 3 is 2.77 bits per heavy atom. The third kappa shape index (κ3) is 3.00. The van der Waals surface area contributed by atoms with Gasteiger partial charge in [0.05, 0.1) is 17.8 Å². The Morgan fingerprint density at radius 1 is 1.35 bits per heavy atom. The number of nitrogens with zero attached hydrogens (tertiary/aromatic N) is 5. The Bertz CT molecular complexity index is 821. The van der Waals surface area contributed by atoms with E-state index in [0.29, 0.717) is 18.5 Å². The summed E-state index contributed by atoms with van der Waals surface area (Å²) in [4.78, 5) is 32.0. The fourth-order valence-electron chi connectivity index (χ4n) is 3.78.